The van der Waals surface area contributed by atoms with Gasteiger partial charge in [0.05, 0.1) is 16.7 Å². The first kappa shape index (κ1) is 22.8. The number of anilines is 1. The Morgan fingerprint density at radius 2 is 1.91 bits per heavy atom. The first-order chi connectivity index (χ1) is 15.0. The van der Waals surface area contributed by atoms with Crippen LogP contribution in [0, 0.1) is 11.3 Å². The lowest BCUT2D eigenvalue weighted by Crippen LogP contribution is -2.19. The fourth-order valence-corrected chi connectivity index (χ4v) is 2.68. The molecule has 7 nitrogen and oxygen atoms in total. The summed E-state index contributed by atoms with van der Waals surface area (Å²) in [7, 11) is 0. The van der Waals surface area contributed by atoms with Crippen molar-refractivity contribution in [2.24, 2.45) is 0 Å². The third-order valence-corrected chi connectivity index (χ3v) is 4.25. The van der Waals surface area contributed by atoms with Gasteiger partial charge < -0.3 is 14.6 Å². The number of ether oxygens (including phenoxy) is 1. The van der Waals surface area contributed by atoms with Gasteiger partial charge in [-0.1, -0.05) is 38.1 Å². The second-order valence-electron chi connectivity index (χ2n) is 7.90. The Morgan fingerprint density at radius 1 is 1.19 bits per heavy atom. The number of benzene rings is 2. The molecule has 1 amide bonds. The molecule has 0 atom stereocenters. The lowest BCUT2D eigenvalue weighted by atomic mass is 9.96. The van der Waals surface area contributed by atoms with Crippen molar-refractivity contribution in [3.05, 3.63) is 59.4 Å². The molecule has 1 heterocycles. The van der Waals surface area contributed by atoms with Gasteiger partial charge in [-0.05, 0) is 30.3 Å². The average molecular weight is 444 g/mol. The van der Waals surface area contributed by atoms with Crippen LogP contribution in [-0.2, 0) is 5.41 Å². The molecule has 0 radical (unpaired) electrons. The number of aromatic nitrogens is 2. The van der Waals surface area contributed by atoms with E-state index in [0.717, 1.165) is 0 Å². The van der Waals surface area contributed by atoms with Crippen LogP contribution in [0.2, 0.25) is 0 Å². The highest BCUT2D eigenvalue weighted by molar-refractivity contribution is 6.08. The molecule has 1 aromatic heterocycles. The maximum Gasteiger partial charge on any atom is 0.422 e. The van der Waals surface area contributed by atoms with Crippen molar-refractivity contribution in [3.8, 4) is 23.3 Å². The molecule has 1 N–H and O–H groups in total. The van der Waals surface area contributed by atoms with Crippen molar-refractivity contribution in [1.82, 2.24) is 10.1 Å². The smallest absolute Gasteiger partial charge is 0.422 e. The van der Waals surface area contributed by atoms with Crippen LogP contribution in [0.25, 0.3) is 11.5 Å². The van der Waals surface area contributed by atoms with E-state index in [-0.39, 0.29) is 33.9 Å². The summed E-state index contributed by atoms with van der Waals surface area (Å²) in [5.41, 5.74) is 0.377. The molecule has 32 heavy (non-hydrogen) atoms. The summed E-state index contributed by atoms with van der Waals surface area (Å²) in [6, 6.07) is 12.1. The Bertz CT molecular complexity index is 1170. The monoisotopic (exact) mass is 444 g/mol. The van der Waals surface area contributed by atoms with Crippen molar-refractivity contribution in [2.75, 3.05) is 11.9 Å². The lowest BCUT2D eigenvalue weighted by Gasteiger charge is -2.12. The number of halogens is 3. The minimum Gasteiger partial charge on any atom is -0.483 e. The molecule has 0 aliphatic rings. The van der Waals surface area contributed by atoms with E-state index in [0.29, 0.717) is 11.4 Å². The summed E-state index contributed by atoms with van der Waals surface area (Å²) in [5.74, 6) is -0.0992. The molecule has 3 aromatic rings. The molecule has 166 valence electrons. The second-order valence-corrected chi connectivity index (χ2v) is 7.90. The normalized spacial score (nSPS) is 11.7. The predicted molar refractivity (Wildman–Crippen MR) is 109 cm³/mol. The molecule has 3 rings (SSSR count). The zero-order chi connectivity index (χ0) is 23.5. The number of nitrogens with one attached hydrogen (secondary N) is 1. The Balaban J connectivity index is 1.84. The molecular weight excluding hydrogens is 425 g/mol. The fraction of sp³-hybridized carbons (Fsp3) is 0.273. The van der Waals surface area contributed by atoms with Gasteiger partial charge in [-0.25, -0.2) is 0 Å². The average Bonchev–Trinajstić information content (AvgIpc) is 3.23. The van der Waals surface area contributed by atoms with E-state index in [1.165, 1.54) is 18.2 Å². The summed E-state index contributed by atoms with van der Waals surface area (Å²) in [4.78, 5) is 17.3. The molecule has 0 aliphatic heterocycles. The Morgan fingerprint density at radius 3 is 2.53 bits per heavy atom. The van der Waals surface area contributed by atoms with Gasteiger partial charge in [0.25, 0.3) is 11.8 Å². The van der Waals surface area contributed by atoms with Gasteiger partial charge in [0.2, 0.25) is 0 Å². The van der Waals surface area contributed by atoms with Gasteiger partial charge in [-0.2, -0.15) is 23.4 Å². The van der Waals surface area contributed by atoms with Crippen molar-refractivity contribution in [2.45, 2.75) is 32.4 Å². The maximum atomic E-state index is 12.9. The van der Waals surface area contributed by atoms with Crippen LogP contribution in [0.3, 0.4) is 0 Å². The fourth-order valence-electron chi connectivity index (χ4n) is 2.68. The second kappa shape index (κ2) is 8.70. The van der Waals surface area contributed by atoms with Gasteiger partial charge in [-0.3, -0.25) is 4.79 Å². The van der Waals surface area contributed by atoms with Gasteiger partial charge >= 0.3 is 6.18 Å². The standard InChI is InChI=1S/C22H19F3N4O3/c1-21(2,3)20-28-19(32-29-20)16-7-5-4-6-15(16)18(30)27-14-8-9-17(13(10-14)11-26)31-12-22(23,24)25/h4-10H,12H2,1-3H3,(H,27,30). The van der Waals surface area contributed by atoms with E-state index in [2.05, 4.69) is 20.2 Å². The highest BCUT2D eigenvalue weighted by Gasteiger charge is 2.29. The minimum atomic E-state index is -4.54. The van der Waals surface area contributed by atoms with Crippen LogP contribution in [0.15, 0.2) is 47.0 Å². The molecule has 0 unspecified atom stereocenters. The first-order valence-corrected chi connectivity index (χ1v) is 9.46. The summed E-state index contributed by atoms with van der Waals surface area (Å²) in [6.45, 7) is 4.25. The van der Waals surface area contributed by atoms with Crippen molar-refractivity contribution < 1.29 is 27.2 Å². The molecule has 0 fully saturated rings. The molecule has 0 saturated carbocycles. The molecular formula is C22H19F3N4O3. The van der Waals surface area contributed by atoms with E-state index >= 15 is 0 Å². The van der Waals surface area contributed by atoms with Crippen LogP contribution in [0.5, 0.6) is 5.75 Å². The van der Waals surface area contributed by atoms with E-state index in [1.54, 1.807) is 30.3 Å². The van der Waals surface area contributed by atoms with Gasteiger partial charge in [0, 0.05) is 11.1 Å². The largest absolute Gasteiger partial charge is 0.483 e. The summed E-state index contributed by atoms with van der Waals surface area (Å²) in [6.07, 6.45) is -4.54. The highest BCUT2D eigenvalue weighted by atomic mass is 19.4. The van der Waals surface area contributed by atoms with E-state index in [9.17, 15) is 23.2 Å². The molecule has 0 saturated heterocycles. The molecule has 0 aliphatic carbocycles. The first-order valence-electron chi connectivity index (χ1n) is 9.46. The Kier molecular flexibility index (Phi) is 6.20. The number of alkyl halides is 3. The zero-order valence-electron chi connectivity index (χ0n) is 17.4. The van der Waals surface area contributed by atoms with Gasteiger partial charge in [0.1, 0.15) is 11.8 Å². The number of hydrogen-bond acceptors (Lipinski definition) is 6. The summed E-state index contributed by atoms with van der Waals surface area (Å²) in [5, 5.41) is 15.8. The van der Waals surface area contributed by atoms with Crippen LogP contribution in [0.4, 0.5) is 18.9 Å². The number of carbonyl (C=O) groups excluding carboxylic acids is 1. The molecule has 2 aromatic carbocycles. The Hall–Kier alpha value is -3.87. The van der Waals surface area contributed by atoms with Crippen molar-refractivity contribution >= 4 is 11.6 Å². The molecule has 0 spiro atoms. The third kappa shape index (κ3) is 5.43. The highest BCUT2D eigenvalue weighted by Crippen LogP contribution is 2.28. The van der Waals surface area contributed by atoms with Gasteiger partial charge in [0.15, 0.2) is 12.4 Å². The van der Waals surface area contributed by atoms with Crippen LogP contribution in [0.1, 0.15) is 42.5 Å². The summed E-state index contributed by atoms with van der Waals surface area (Å²) < 4.78 is 47.1. The number of carbonyl (C=O) groups is 1. The Labute approximate surface area is 181 Å². The maximum absolute atomic E-state index is 12.9. The van der Waals surface area contributed by atoms with Crippen LogP contribution in [-0.4, -0.2) is 28.8 Å². The number of nitrogens with zero attached hydrogens (tertiary/aromatic N) is 3. The lowest BCUT2D eigenvalue weighted by molar-refractivity contribution is -0.153. The van der Waals surface area contributed by atoms with Crippen LogP contribution >= 0.6 is 0 Å². The number of amides is 1. The van der Waals surface area contributed by atoms with Gasteiger partial charge in [-0.15, -0.1) is 0 Å². The van der Waals surface area contributed by atoms with E-state index in [4.69, 9.17) is 4.52 Å². The topological polar surface area (TPSA) is 101 Å². The number of hydrogen-bond donors (Lipinski definition) is 1. The summed E-state index contributed by atoms with van der Waals surface area (Å²) >= 11 is 0. The zero-order valence-corrected chi connectivity index (χ0v) is 17.4. The molecule has 10 heteroatoms. The predicted octanol–water partition coefficient (Wildman–Crippen LogP) is 5.10. The van der Waals surface area contributed by atoms with Crippen LogP contribution < -0.4 is 10.1 Å². The molecule has 0 bridgehead atoms. The number of nitriles is 1. The third-order valence-electron chi connectivity index (χ3n) is 4.25. The van der Waals surface area contributed by atoms with Crippen molar-refractivity contribution in [3.63, 3.8) is 0 Å². The number of rotatable bonds is 5. The van der Waals surface area contributed by atoms with Crippen molar-refractivity contribution in [1.29, 1.82) is 5.26 Å². The SMILES string of the molecule is CC(C)(C)c1noc(-c2ccccc2C(=O)Nc2ccc(OCC(F)(F)F)c(C#N)c2)n1. The minimum absolute atomic E-state index is 0.146. The quantitative estimate of drug-likeness (QED) is 0.588. The van der Waals surface area contributed by atoms with E-state index < -0.39 is 18.7 Å². The van der Waals surface area contributed by atoms with E-state index in [1.807, 2.05) is 20.8 Å².